The summed E-state index contributed by atoms with van der Waals surface area (Å²) < 4.78 is 7.50. The number of rotatable bonds is 3. The molecule has 0 bridgehead atoms. The predicted molar refractivity (Wildman–Crippen MR) is 91.6 cm³/mol. The van der Waals surface area contributed by atoms with Gasteiger partial charge in [0.1, 0.15) is 0 Å². The highest BCUT2D eigenvalue weighted by molar-refractivity contribution is 6.30. The van der Waals surface area contributed by atoms with Crippen molar-refractivity contribution in [3.63, 3.8) is 0 Å². The van der Waals surface area contributed by atoms with Gasteiger partial charge in [0, 0.05) is 28.7 Å². The first-order chi connectivity index (χ1) is 11.1. The Balaban J connectivity index is 1.85. The van der Waals surface area contributed by atoms with Gasteiger partial charge in [0.15, 0.2) is 0 Å². The number of amides is 1. The molecule has 1 amide bonds. The second kappa shape index (κ2) is 6.77. The zero-order valence-corrected chi connectivity index (χ0v) is 14.2. The van der Waals surface area contributed by atoms with Crippen molar-refractivity contribution in [2.75, 3.05) is 13.2 Å². The minimum atomic E-state index is -0.0335. The number of benzene rings is 1. The Kier molecular flexibility index (Phi) is 4.74. The van der Waals surface area contributed by atoms with Gasteiger partial charge in [-0.1, -0.05) is 11.6 Å². The number of carbonyl (C=O) groups is 1. The van der Waals surface area contributed by atoms with E-state index in [1.807, 2.05) is 44.2 Å². The van der Waals surface area contributed by atoms with Crippen molar-refractivity contribution < 1.29 is 9.53 Å². The summed E-state index contributed by atoms with van der Waals surface area (Å²) in [6.45, 7) is 5.36. The van der Waals surface area contributed by atoms with E-state index in [4.69, 9.17) is 16.3 Å². The number of aromatic nitrogens is 1. The largest absolute Gasteiger partial charge is 0.379 e. The maximum Gasteiger partial charge on any atom is 0.253 e. The fraction of sp³-hybridized carbons (Fsp3) is 0.389. The quantitative estimate of drug-likeness (QED) is 0.932. The van der Waals surface area contributed by atoms with Crippen LogP contribution < -0.4 is 5.32 Å². The lowest BCUT2D eigenvalue weighted by Gasteiger charge is -2.23. The Labute approximate surface area is 141 Å². The number of carbonyl (C=O) groups excluding carboxylic acids is 1. The summed E-state index contributed by atoms with van der Waals surface area (Å²) in [5.41, 5.74) is 3.67. The van der Waals surface area contributed by atoms with Gasteiger partial charge in [0.05, 0.1) is 18.2 Å². The van der Waals surface area contributed by atoms with E-state index in [1.54, 1.807) is 0 Å². The van der Waals surface area contributed by atoms with E-state index < -0.39 is 0 Å². The Morgan fingerprint density at radius 2 is 2.04 bits per heavy atom. The first-order valence-electron chi connectivity index (χ1n) is 7.90. The third kappa shape index (κ3) is 3.43. The molecule has 2 aromatic rings. The maximum absolute atomic E-state index is 12.6. The molecule has 1 aromatic carbocycles. The molecule has 3 rings (SSSR count). The molecule has 0 spiro atoms. The molecule has 0 aliphatic carbocycles. The topological polar surface area (TPSA) is 43.3 Å². The second-order valence-electron chi connectivity index (χ2n) is 5.98. The number of hydrogen-bond donors (Lipinski definition) is 1. The Morgan fingerprint density at radius 1 is 1.30 bits per heavy atom. The predicted octanol–water partition coefficient (Wildman–Crippen LogP) is 3.66. The van der Waals surface area contributed by atoms with Crippen LogP contribution in [0.1, 0.15) is 34.6 Å². The lowest BCUT2D eigenvalue weighted by atomic mass is 10.1. The molecule has 4 nitrogen and oxygen atoms in total. The number of nitrogens with one attached hydrogen (secondary N) is 1. The molecular weight excluding hydrogens is 312 g/mol. The molecule has 1 fully saturated rings. The van der Waals surface area contributed by atoms with Crippen molar-refractivity contribution >= 4 is 17.5 Å². The Morgan fingerprint density at radius 3 is 2.70 bits per heavy atom. The van der Waals surface area contributed by atoms with Crippen LogP contribution in [-0.4, -0.2) is 29.7 Å². The molecule has 1 saturated heterocycles. The van der Waals surface area contributed by atoms with E-state index in [0.717, 1.165) is 36.5 Å². The van der Waals surface area contributed by atoms with E-state index in [0.29, 0.717) is 17.2 Å². The van der Waals surface area contributed by atoms with E-state index in [-0.39, 0.29) is 11.9 Å². The molecule has 5 heteroatoms. The third-order valence-electron chi connectivity index (χ3n) is 4.26. The van der Waals surface area contributed by atoms with Gasteiger partial charge in [0.25, 0.3) is 5.91 Å². The Hall–Kier alpha value is -1.78. The van der Waals surface area contributed by atoms with Crippen LogP contribution in [-0.2, 0) is 4.74 Å². The van der Waals surface area contributed by atoms with E-state index in [9.17, 15) is 4.79 Å². The second-order valence-corrected chi connectivity index (χ2v) is 6.42. The standard InChI is InChI=1S/C18H21ClN2O2/c1-12-10-17(18(22)20-15-4-3-9-23-11-15)13(2)21(12)16-7-5-14(19)6-8-16/h5-8,10,15H,3-4,9,11H2,1-2H3,(H,20,22). The van der Waals surface area contributed by atoms with Crippen molar-refractivity contribution in [3.05, 3.63) is 52.3 Å². The van der Waals surface area contributed by atoms with Gasteiger partial charge in [-0.3, -0.25) is 4.79 Å². The minimum absolute atomic E-state index is 0.0335. The van der Waals surface area contributed by atoms with Crippen molar-refractivity contribution in [1.29, 1.82) is 0 Å². The average molecular weight is 333 g/mol. The van der Waals surface area contributed by atoms with Crippen LogP contribution >= 0.6 is 11.6 Å². The number of aryl methyl sites for hydroxylation is 1. The lowest BCUT2D eigenvalue weighted by Crippen LogP contribution is -2.40. The van der Waals surface area contributed by atoms with Crippen LogP contribution in [0.5, 0.6) is 0 Å². The van der Waals surface area contributed by atoms with Crippen molar-refractivity contribution in [1.82, 2.24) is 9.88 Å². The molecule has 0 radical (unpaired) electrons. The third-order valence-corrected chi connectivity index (χ3v) is 4.51. The number of ether oxygens (including phenoxy) is 1. The van der Waals surface area contributed by atoms with Crippen molar-refractivity contribution in [2.45, 2.75) is 32.7 Å². The number of nitrogens with zero attached hydrogens (tertiary/aromatic N) is 1. The maximum atomic E-state index is 12.6. The highest BCUT2D eigenvalue weighted by Gasteiger charge is 2.21. The number of hydrogen-bond acceptors (Lipinski definition) is 2. The summed E-state index contributed by atoms with van der Waals surface area (Å²) in [4.78, 5) is 12.6. The van der Waals surface area contributed by atoms with Crippen molar-refractivity contribution in [2.24, 2.45) is 0 Å². The molecule has 2 heterocycles. The van der Waals surface area contributed by atoms with Gasteiger partial charge in [-0.05, 0) is 57.0 Å². The molecule has 1 aliphatic heterocycles. The Bertz CT molecular complexity index is 701. The molecule has 1 N–H and O–H groups in total. The summed E-state index contributed by atoms with van der Waals surface area (Å²) in [5.74, 6) is -0.0335. The summed E-state index contributed by atoms with van der Waals surface area (Å²) in [5, 5.41) is 3.78. The van der Waals surface area contributed by atoms with Crippen LogP contribution in [0.3, 0.4) is 0 Å². The van der Waals surface area contributed by atoms with E-state index >= 15 is 0 Å². The van der Waals surface area contributed by atoms with Crippen LogP contribution in [0, 0.1) is 13.8 Å². The van der Waals surface area contributed by atoms with Crippen LogP contribution in [0.25, 0.3) is 5.69 Å². The molecule has 122 valence electrons. The molecular formula is C18H21ClN2O2. The average Bonchev–Trinajstić information content (AvgIpc) is 2.84. The van der Waals surface area contributed by atoms with Gasteiger partial charge in [-0.2, -0.15) is 0 Å². The molecule has 1 aromatic heterocycles. The lowest BCUT2D eigenvalue weighted by molar-refractivity contribution is 0.0624. The summed E-state index contributed by atoms with van der Waals surface area (Å²) in [6.07, 6.45) is 1.97. The van der Waals surface area contributed by atoms with Gasteiger partial charge in [0.2, 0.25) is 0 Å². The summed E-state index contributed by atoms with van der Waals surface area (Å²) in [7, 11) is 0. The first-order valence-corrected chi connectivity index (χ1v) is 8.27. The van der Waals surface area contributed by atoms with Crippen LogP contribution in [0.15, 0.2) is 30.3 Å². The van der Waals surface area contributed by atoms with Crippen molar-refractivity contribution in [3.8, 4) is 5.69 Å². The highest BCUT2D eigenvalue weighted by Crippen LogP contribution is 2.22. The molecule has 1 unspecified atom stereocenters. The number of halogens is 1. The van der Waals surface area contributed by atoms with Gasteiger partial charge >= 0.3 is 0 Å². The van der Waals surface area contributed by atoms with Gasteiger partial charge < -0.3 is 14.6 Å². The normalized spacial score (nSPS) is 18.0. The molecule has 1 aliphatic rings. The smallest absolute Gasteiger partial charge is 0.253 e. The first kappa shape index (κ1) is 16.1. The molecule has 1 atom stereocenters. The zero-order valence-electron chi connectivity index (χ0n) is 13.4. The summed E-state index contributed by atoms with van der Waals surface area (Å²) >= 11 is 5.96. The minimum Gasteiger partial charge on any atom is -0.379 e. The molecule has 0 saturated carbocycles. The summed E-state index contributed by atoms with van der Waals surface area (Å²) in [6, 6.07) is 9.67. The molecule has 23 heavy (non-hydrogen) atoms. The fourth-order valence-electron chi connectivity index (χ4n) is 3.10. The highest BCUT2D eigenvalue weighted by atomic mass is 35.5. The SMILES string of the molecule is Cc1cc(C(=O)NC2CCCOC2)c(C)n1-c1ccc(Cl)cc1. The monoisotopic (exact) mass is 332 g/mol. The fourth-order valence-corrected chi connectivity index (χ4v) is 3.22. The van der Waals surface area contributed by atoms with E-state index in [2.05, 4.69) is 9.88 Å². The van der Waals surface area contributed by atoms with Gasteiger partial charge in [-0.25, -0.2) is 0 Å². The van der Waals surface area contributed by atoms with Crippen LogP contribution in [0.4, 0.5) is 0 Å². The van der Waals surface area contributed by atoms with Gasteiger partial charge in [-0.15, -0.1) is 0 Å². The van der Waals surface area contributed by atoms with E-state index in [1.165, 1.54) is 0 Å². The van der Waals surface area contributed by atoms with Crippen LogP contribution in [0.2, 0.25) is 5.02 Å². The zero-order chi connectivity index (χ0) is 16.4.